The Hall–Kier alpha value is -2.76. The van der Waals surface area contributed by atoms with Crippen molar-refractivity contribution in [2.24, 2.45) is 5.10 Å². The number of benzene rings is 1. The predicted molar refractivity (Wildman–Crippen MR) is 71.9 cm³/mol. The molecule has 102 valence electrons. The lowest BCUT2D eigenvalue weighted by molar-refractivity contribution is -0.123. The van der Waals surface area contributed by atoms with Crippen LogP contribution in [0, 0.1) is 5.82 Å². The first-order valence-electron chi connectivity index (χ1n) is 5.84. The number of halogens is 1. The van der Waals surface area contributed by atoms with Crippen LogP contribution in [-0.2, 0) is 4.79 Å². The number of pyridine rings is 1. The van der Waals surface area contributed by atoms with Crippen LogP contribution in [-0.4, -0.2) is 23.7 Å². The lowest BCUT2D eigenvalue weighted by Crippen LogP contribution is -2.24. The molecule has 0 radical (unpaired) electrons. The second-order valence-electron chi connectivity index (χ2n) is 3.82. The molecule has 0 aliphatic heterocycles. The van der Waals surface area contributed by atoms with E-state index >= 15 is 0 Å². The summed E-state index contributed by atoms with van der Waals surface area (Å²) in [6.07, 6.45) is 4.74. The van der Waals surface area contributed by atoms with Crippen LogP contribution in [0.2, 0.25) is 0 Å². The van der Waals surface area contributed by atoms with Gasteiger partial charge in [0.25, 0.3) is 5.91 Å². The van der Waals surface area contributed by atoms with E-state index in [0.717, 1.165) is 5.56 Å². The summed E-state index contributed by atoms with van der Waals surface area (Å²) in [6.45, 7) is -0.198. The number of rotatable bonds is 5. The van der Waals surface area contributed by atoms with Crippen LogP contribution in [0.4, 0.5) is 4.39 Å². The van der Waals surface area contributed by atoms with Gasteiger partial charge in [0.1, 0.15) is 11.6 Å². The molecule has 1 amide bonds. The number of nitrogens with one attached hydrogen (secondary N) is 1. The molecule has 1 heterocycles. The third-order valence-corrected chi connectivity index (χ3v) is 2.27. The van der Waals surface area contributed by atoms with E-state index in [1.54, 1.807) is 24.5 Å². The Morgan fingerprint density at radius 1 is 1.35 bits per heavy atom. The molecule has 2 aromatic rings. The van der Waals surface area contributed by atoms with E-state index < -0.39 is 5.91 Å². The van der Waals surface area contributed by atoms with E-state index in [2.05, 4.69) is 15.5 Å². The number of hydrogen-bond donors (Lipinski definition) is 1. The third kappa shape index (κ3) is 4.49. The van der Waals surface area contributed by atoms with Crippen molar-refractivity contribution in [2.75, 3.05) is 6.61 Å². The summed E-state index contributed by atoms with van der Waals surface area (Å²) in [7, 11) is 0. The molecule has 20 heavy (non-hydrogen) atoms. The topological polar surface area (TPSA) is 63.6 Å². The van der Waals surface area contributed by atoms with Crippen LogP contribution in [0.25, 0.3) is 0 Å². The van der Waals surface area contributed by atoms with Gasteiger partial charge in [0, 0.05) is 18.0 Å². The van der Waals surface area contributed by atoms with Crippen LogP contribution in [0.3, 0.4) is 0 Å². The van der Waals surface area contributed by atoms with Crippen LogP contribution in [0.15, 0.2) is 53.9 Å². The first-order valence-corrected chi connectivity index (χ1v) is 5.84. The summed E-state index contributed by atoms with van der Waals surface area (Å²) in [5.74, 6) is -0.352. The van der Waals surface area contributed by atoms with Crippen LogP contribution in [0.1, 0.15) is 5.56 Å². The largest absolute Gasteiger partial charge is 0.484 e. The maximum atomic E-state index is 12.7. The third-order valence-electron chi connectivity index (χ3n) is 2.27. The van der Waals surface area contributed by atoms with Gasteiger partial charge in [-0.3, -0.25) is 9.78 Å². The molecular formula is C14H12FN3O2. The Labute approximate surface area is 115 Å². The lowest BCUT2D eigenvalue weighted by atomic mass is 10.3. The molecule has 0 aliphatic carbocycles. The first kappa shape index (κ1) is 13.7. The van der Waals surface area contributed by atoms with E-state index in [9.17, 15) is 9.18 Å². The predicted octanol–water partition coefficient (Wildman–Crippen LogP) is 1.75. The molecule has 0 bridgehead atoms. The summed E-state index contributed by atoms with van der Waals surface area (Å²) in [5, 5.41) is 3.76. The SMILES string of the molecule is O=C(COc1ccc(F)cc1)NN=Cc1cccnc1. The quantitative estimate of drug-likeness (QED) is 0.666. The van der Waals surface area contributed by atoms with Gasteiger partial charge in [-0.05, 0) is 30.3 Å². The maximum absolute atomic E-state index is 12.7. The molecule has 0 saturated carbocycles. The molecule has 5 nitrogen and oxygen atoms in total. The molecule has 0 spiro atoms. The molecule has 0 aliphatic rings. The molecule has 1 aromatic heterocycles. The average Bonchev–Trinajstić information content (AvgIpc) is 2.48. The molecule has 6 heteroatoms. The Bertz CT molecular complexity index is 585. The van der Waals surface area contributed by atoms with Gasteiger partial charge >= 0.3 is 0 Å². The highest BCUT2D eigenvalue weighted by molar-refractivity contribution is 5.82. The number of aromatic nitrogens is 1. The van der Waals surface area contributed by atoms with Crippen molar-refractivity contribution in [3.63, 3.8) is 0 Å². The van der Waals surface area contributed by atoms with Gasteiger partial charge in [-0.15, -0.1) is 0 Å². The standard InChI is InChI=1S/C14H12FN3O2/c15-12-3-5-13(6-4-12)20-10-14(19)18-17-9-11-2-1-7-16-8-11/h1-9H,10H2,(H,18,19). The number of amides is 1. The molecule has 1 N–H and O–H groups in total. The summed E-state index contributed by atoms with van der Waals surface area (Å²) < 4.78 is 17.8. The molecule has 0 fully saturated rings. The molecule has 1 aromatic carbocycles. The Kier molecular flexibility index (Phi) is 4.77. The summed E-state index contributed by atoms with van der Waals surface area (Å²) in [6, 6.07) is 8.98. The summed E-state index contributed by atoms with van der Waals surface area (Å²) in [5.41, 5.74) is 3.09. The van der Waals surface area contributed by atoms with Crippen molar-refractivity contribution >= 4 is 12.1 Å². The Balaban J connectivity index is 1.76. The van der Waals surface area contributed by atoms with Gasteiger partial charge in [0.15, 0.2) is 6.61 Å². The number of hydrogen-bond acceptors (Lipinski definition) is 4. The number of hydrazone groups is 1. The second-order valence-corrected chi connectivity index (χ2v) is 3.82. The van der Waals surface area contributed by atoms with E-state index in [0.29, 0.717) is 5.75 Å². The monoisotopic (exact) mass is 273 g/mol. The molecule has 0 saturated heterocycles. The van der Waals surface area contributed by atoms with Gasteiger partial charge in [0.05, 0.1) is 6.21 Å². The Morgan fingerprint density at radius 3 is 2.85 bits per heavy atom. The zero-order chi connectivity index (χ0) is 14.2. The van der Waals surface area contributed by atoms with Crippen molar-refractivity contribution in [3.05, 3.63) is 60.2 Å². The highest BCUT2D eigenvalue weighted by Gasteiger charge is 2.01. The van der Waals surface area contributed by atoms with Crippen molar-refractivity contribution in [1.82, 2.24) is 10.4 Å². The summed E-state index contributed by atoms with van der Waals surface area (Å²) >= 11 is 0. The van der Waals surface area contributed by atoms with Gasteiger partial charge in [-0.25, -0.2) is 9.82 Å². The maximum Gasteiger partial charge on any atom is 0.277 e. The van der Waals surface area contributed by atoms with Crippen LogP contribution in [0.5, 0.6) is 5.75 Å². The minimum Gasteiger partial charge on any atom is -0.484 e. The zero-order valence-electron chi connectivity index (χ0n) is 10.5. The van der Waals surface area contributed by atoms with E-state index in [-0.39, 0.29) is 12.4 Å². The first-order chi connectivity index (χ1) is 9.74. The van der Waals surface area contributed by atoms with Crippen molar-refractivity contribution in [3.8, 4) is 5.75 Å². The van der Waals surface area contributed by atoms with Gasteiger partial charge in [-0.1, -0.05) is 6.07 Å². The van der Waals surface area contributed by atoms with Gasteiger partial charge < -0.3 is 4.74 Å². The van der Waals surface area contributed by atoms with Gasteiger partial charge in [-0.2, -0.15) is 5.10 Å². The number of ether oxygens (including phenoxy) is 1. The minimum absolute atomic E-state index is 0.198. The fourth-order valence-corrected chi connectivity index (χ4v) is 1.34. The second kappa shape index (κ2) is 6.98. The fraction of sp³-hybridized carbons (Fsp3) is 0.0714. The van der Waals surface area contributed by atoms with Crippen molar-refractivity contribution < 1.29 is 13.9 Å². The van der Waals surface area contributed by atoms with Crippen LogP contribution < -0.4 is 10.2 Å². The highest BCUT2D eigenvalue weighted by Crippen LogP contribution is 2.10. The molecular weight excluding hydrogens is 261 g/mol. The van der Waals surface area contributed by atoms with E-state index in [1.165, 1.54) is 30.5 Å². The number of carbonyl (C=O) groups excluding carboxylic acids is 1. The molecule has 2 rings (SSSR count). The molecule has 0 unspecified atom stereocenters. The van der Waals surface area contributed by atoms with E-state index in [1.807, 2.05) is 0 Å². The fourth-order valence-electron chi connectivity index (χ4n) is 1.34. The average molecular weight is 273 g/mol. The Morgan fingerprint density at radius 2 is 2.15 bits per heavy atom. The minimum atomic E-state index is -0.408. The lowest BCUT2D eigenvalue weighted by Gasteiger charge is -2.04. The van der Waals surface area contributed by atoms with Crippen molar-refractivity contribution in [1.29, 1.82) is 0 Å². The van der Waals surface area contributed by atoms with Crippen molar-refractivity contribution in [2.45, 2.75) is 0 Å². The van der Waals surface area contributed by atoms with Gasteiger partial charge in [0.2, 0.25) is 0 Å². The summed E-state index contributed by atoms with van der Waals surface area (Å²) in [4.78, 5) is 15.3. The number of nitrogens with zero attached hydrogens (tertiary/aromatic N) is 2. The normalized spacial score (nSPS) is 10.4. The highest BCUT2D eigenvalue weighted by atomic mass is 19.1. The molecule has 0 atom stereocenters. The van der Waals surface area contributed by atoms with E-state index in [4.69, 9.17) is 4.74 Å². The smallest absolute Gasteiger partial charge is 0.277 e. The number of carbonyl (C=O) groups is 1. The zero-order valence-corrected chi connectivity index (χ0v) is 10.5. The van der Waals surface area contributed by atoms with Crippen LogP contribution >= 0.6 is 0 Å².